The maximum absolute atomic E-state index is 13.8. The van der Waals surface area contributed by atoms with Crippen molar-refractivity contribution < 1.29 is 27.5 Å². The Morgan fingerprint density at radius 3 is 1.88 bits per heavy atom. The Hall–Kier alpha value is -1.76. The average Bonchev–Trinajstić information content (AvgIpc) is 2.37. The first-order chi connectivity index (χ1) is 10.9. The Balaban J connectivity index is 3.18. The summed E-state index contributed by atoms with van der Waals surface area (Å²) >= 11 is 0. The van der Waals surface area contributed by atoms with Crippen LogP contribution in [-0.2, 0) is 25.8 Å². The first-order valence-corrected chi connectivity index (χ1v) is 9.51. The molecule has 1 rings (SSSR count). The summed E-state index contributed by atoms with van der Waals surface area (Å²) in [6.07, 6.45) is -0.153. The predicted molar refractivity (Wildman–Crippen MR) is 89.6 cm³/mol. The van der Waals surface area contributed by atoms with Crippen LogP contribution in [0.5, 0.6) is 0 Å². The number of carboxylic acid groups (broad SMARTS) is 1. The van der Waals surface area contributed by atoms with Crippen LogP contribution in [0.15, 0.2) is 12.1 Å². The van der Waals surface area contributed by atoms with E-state index in [-0.39, 0.29) is 18.3 Å². The predicted octanol–water partition coefficient (Wildman–Crippen LogP) is 2.68. The lowest BCUT2D eigenvalue weighted by Crippen LogP contribution is -2.25. The lowest BCUT2D eigenvalue weighted by atomic mass is 9.86. The van der Waals surface area contributed by atoms with Gasteiger partial charge in [0.1, 0.15) is 17.3 Å². The number of benzene rings is 1. The summed E-state index contributed by atoms with van der Waals surface area (Å²) in [6.45, 7) is 7.48. The monoisotopic (exact) mass is 358 g/mol. The van der Waals surface area contributed by atoms with E-state index in [4.69, 9.17) is 5.11 Å². The van der Waals surface area contributed by atoms with E-state index in [2.05, 4.69) is 0 Å². The van der Waals surface area contributed by atoms with E-state index >= 15 is 0 Å². The van der Waals surface area contributed by atoms with Crippen LogP contribution in [0.2, 0.25) is 0 Å². The maximum Gasteiger partial charge on any atom is 0.318 e. The number of rotatable bonds is 8. The van der Waals surface area contributed by atoms with Gasteiger partial charge in [0.2, 0.25) is 0 Å². The number of halogens is 1. The molecule has 7 heteroatoms. The van der Waals surface area contributed by atoms with Crippen LogP contribution in [0.3, 0.4) is 0 Å². The first-order valence-electron chi connectivity index (χ1n) is 7.69. The summed E-state index contributed by atoms with van der Waals surface area (Å²) < 4.78 is 37.2. The van der Waals surface area contributed by atoms with Gasteiger partial charge in [0.05, 0.1) is 0 Å². The van der Waals surface area contributed by atoms with Crippen molar-refractivity contribution in [2.75, 3.05) is 11.5 Å². The number of carbonyl (C=O) groups is 2. The summed E-state index contributed by atoms with van der Waals surface area (Å²) in [5.74, 6) is -4.44. The molecule has 0 fully saturated rings. The summed E-state index contributed by atoms with van der Waals surface area (Å²) in [5, 5.41) is 8.58. The van der Waals surface area contributed by atoms with Gasteiger partial charge in [0.25, 0.3) is 0 Å². The van der Waals surface area contributed by atoms with E-state index < -0.39 is 38.9 Å². The Morgan fingerprint density at radius 1 is 1.04 bits per heavy atom. The molecule has 0 aliphatic carbocycles. The van der Waals surface area contributed by atoms with Gasteiger partial charge >= 0.3 is 5.97 Å². The number of carboxylic acids is 1. The van der Waals surface area contributed by atoms with Gasteiger partial charge in [0.15, 0.2) is 15.6 Å². The summed E-state index contributed by atoms with van der Waals surface area (Å²) in [4.78, 5) is 22.7. The van der Waals surface area contributed by atoms with E-state index in [1.807, 2.05) is 27.7 Å². The maximum atomic E-state index is 13.8. The highest BCUT2D eigenvalue weighted by Gasteiger charge is 2.23. The molecule has 1 aromatic rings. The topological polar surface area (TPSA) is 88.5 Å². The van der Waals surface area contributed by atoms with Crippen molar-refractivity contribution >= 4 is 21.6 Å². The number of aliphatic carboxylic acids is 1. The summed E-state index contributed by atoms with van der Waals surface area (Å²) in [5.41, 5.74) is 1.97. The minimum atomic E-state index is -4.00. The van der Waals surface area contributed by atoms with Crippen LogP contribution >= 0.6 is 0 Å². The second kappa shape index (κ2) is 7.88. The van der Waals surface area contributed by atoms with Gasteiger partial charge in [-0.25, -0.2) is 12.8 Å². The van der Waals surface area contributed by atoms with Gasteiger partial charge in [-0.05, 0) is 40.7 Å². The molecule has 24 heavy (non-hydrogen) atoms. The Kier molecular flexibility index (Phi) is 6.66. The number of hydrogen-bond donors (Lipinski definition) is 1. The molecule has 5 nitrogen and oxygen atoms in total. The minimum Gasteiger partial charge on any atom is -0.480 e. The fourth-order valence-corrected chi connectivity index (χ4v) is 3.72. The van der Waals surface area contributed by atoms with Gasteiger partial charge in [-0.3, -0.25) is 9.59 Å². The van der Waals surface area contributed by atoms with Gasteiger partial charge in [0, 0.05) is 6.42 Å². The molecule has 1 N–H and O–H groups in total. The molecule has 0 spiro atoms. The van der Waals surface area contributed by atoms with Crippen LogP contribution in [0.4, 0.5) is 4.39 Å². The molecule has 0 atom stereocenters. The molecule has 1 aromatic carbocycles. The molecule has 0 unspecified atom stereocenters. The summed E-state index contributed by atoms with van der Waals surface area (Å²) in [7, 11) is -4.00. The van der Waals surface area contributed by atoms with Crippen molar-refractivity contribution in [2.24, 2.45) is 0 Å². The largest absolute Gasteiger partial charge is 0.480 e. The Bertz CT molecular complexity index is 706. The van der Waals surface area contributed by atoms with Gasteiger partial charge in [-0.2, -0.15) is 0 Å². The zero-order chi connectivity index (χ0) is 18.7. The zero-order valence-corrected chi connectivity index (χ0v) is 15.1. The van der Waals surface area contributed by atoms with E-state index in [1.165, 1.54) is 12.1 Å². The van der Waals surface area contributed by atoms with Crippen LogP contribution in [0, 0.1) is 5.82 Å². The highest BCUT2D eigenvalue weighted by Crippen LogP contribution is 2.29. The number of ketones is 1. The molecule has 0 saturated heterocycles. The molecule has 0 saturated carbocycles. The van der Waals surface area contributed by atoms with Crippen molar-refractivity contribution in [2.45, 2.75) is 46.0 Å². The molecule has 0 aliphatic heterocycles. The highest BCUT2D eigenvalue weighted by molar-refractivity contribution is 7.92. The standard InChI is InChI=1S/C17H23FO5S/c1-10(2)14-5-12(18)6-15(11(3)4)16(14)7-13(19)8-24(22,23)9-17(20)21/h5-6,10-11H,7-9H2,1-4H3,(H,20,21). The Morgan fingerprint density at radius 2 is 1.50 bits per heavy atom. The lowest BCUT2D eigenvalue weighted by Gasteiger charge is -2.19. The molecule has 0 radical (unpaired) electrons. The summed E-state index contributed by atoms with van der Waals surface area (Å²) in [6, 6.07) is 2.73. The molecule has 0 aromatic heterocycles. The van der Waals surface area contributed by atoms with Crippen LogP contribution in [0.1, 0.15) is 56.2 Å². The molecule has 0 bridgehead atoms. The number of sulfone groups is 1. The SMILES string of the molecule is CC(C)c1cc(F)cc(C(C)C)c1CC(=O)CS(=O)(=O)CC(=O)O. The quantitative estimate of drug-likeness (QED) is 0.772. The molecule has 134 valence electrons. The number of hydrogen-bond acceptors (Lipinski definition) is 4. The van der Waals surface area contributed by atoms with Crippen molar-refractivity contribution in [1.82, 2.24) is 0 Å². The molecular formula is C17H23FO5S. The third-order valence-electron chi connectivity index (χ3n) is 3.63. The lowest BCUT2D eigenvalue weighted by molar-refractivity contribution is -0.134. The number of Topliss-reactive ketones (excluding diaryl/α,β-unsaturated/α-hetero) is 1. The van der Waals surface area contributed by atoms with Gasteiger partial charge in [-0.15, -0.1) is 0 Å². The normalized spacial score (nSPS) is 12.0. The average molecular weight is 358 g/mol. The van der Waals surface area contributed by atoms with Gasteiger partial charge in [-0.1, -0.05) is 27.7 Å². The highest BCUT2D eigenvalue weighted by atomic mass is 32.2. The first kappa shape index (κ1) is 20.3. The van der Waals surface area contributed by atoms with Crippen molar-refractivity contribution in [3.63, 3.8) is 0 Å². The van der Waals surface area contributed by atoms with Crippen molar-refractivity contribution in [3.8, 4) is 0 Å². The fraction of sp³-hybridized carbons (Fsp3) is 0.529. The van der Waals surface area contributed by atoms with Crippen molar-refractivity contribution in [1.29, 1.82) is 0 Å². The smallest absolute Gasteiger partial charge is 0.318 e. The van der Waals surface area contributed by atoms with E-state index in [0.717, 1.165) is 0 Å². The van der Waals surface area contributed by atoms with Gasteiger partial charge < -0.3 is 5.11 Å². The van der Waals surface area contributed by atoms with Crippen molar-refractivity contribution in [3.05, 3.63) is 34.6 Å². The second-order valence-electron chi connectivity index (χ2n) is 6.51. The van der Waals surface area contributed by atoms with E-state index in [1.54, 1.807) is 0 Å². The van der Waals surface area contributed by atoms with Crippen LogP contribution in [-0.4, -0.2) is 36.8 Å². The molecule has 0 heterocycles. The van der Waals surface area contributed by atoms with E-state index in [0.29, 0.717) is 16.7 Å². The van der Waals surface area contributed by atoms with E-state index in [9.17, 15) is 22.4 Å². The minimum absolute atomic E-state index is 0.0309. The molecule has 0 amide bonds. The molecule has 0 aliphatic rings. The molecular weight excluding hydrogens is 335 g/mol. The van der Waals surface area contributed by atoms with Crippen LogP contribution < -0.4 is 0 Å². The van der Waals surface area contributed by atoms with Crippen LogP contribution in [0.25, 0.3) is 0 Å². The third kappa shape index (κ3) is 5.70. The third-order valence-corrected chi connectivity index (χ3v) is 5.07. The second-order valence-corrected chi connectivity index (χ2v) is 8.58. The zero-order valence-electron chi connectivity index (χ0n) is 14.3. The number of carbonyl (C=O) groups excluding carboxylic acids is 1. The fourth-order valence-electron chi connectivity index (χ4n) is 2.65. The Labute approximate surface area is 141 Å².